The van der Waals surface area contributed by atoms with Crippen LogP contribution in [0.25, 0.3) is 10.9 Å². The molecule has 0 atom stereocenters. The smallest absolute Gasteiger partial charge is 0.253 e. The van der Waals surface area contributed by atoms with Crippen LogP contribution >= 0.6 is 11.6 Å². The molecule has 5 heteroatoms. The Labute approximate surface area is 117 Å². The largest absolute Gasteiger partial charge is 0.351 e. The number of halogens is 1. The SMILES string of the molecule is CCNCCNC(=O)c1cc(Cl)cc2cccnc12. The van der Waals surface area contributed by atoms with Crippen LogP contribution in [-0.2, 0) is 0 Å². The summed E-state index contributed by atoms with van der Waals surface area (Å²) in [5.74, 6) is -0.149. The summed E-state index contributed by atoms with van der Waals surface area (Å²) in [7, 11) is 0. The van der Waals surface area contributed by atoms with E-state index in [0.717, 1.165) is 18.5 Å². The van der Waals surface area contributed by atoms with Crippen LogP contribution in [0.4, 0.5) is 0 Å². The first-order valence-electron chi connectivity index (χ1n) is 6.25. The highest BCUT2D eigenvalue weighted by Gasteiger charge is 2.11. The van der Waals surface area contributed by atoms with Crippen LogP contribution in [0.5, 0.6) is 0 Å². The van der Waals surface area contributed by atoms with E-state index in [1.54, 1.807) is 18.3 Å². The van der Waals surface area contributed by atoms with Gasteiger partial charge in [-0.1, -0.05) is 24.6 Å². The lowest BCUT2D eigenvalue weighted by Gasteiger charge is -2.08. The lowest BCUT2D eigenvalue weighted by atomic mass is 10.1. The number of amides is 1. The minimum Gasteiger partial charge on any atom is -0.351 e. The van der Waals surface area contributed by atoms with Gasteiger partial charge in [-0.15, -0.1) is 0 Å². The Kier molecular flexibility index (Phi) is 4.71. The molecule has 2 aromatic rings. The second-order valence-electron chi connectivity index (χ2n) is 4.14. The first kappa shape index (κ1) is 13.8. The third-order valence-electron chi connectivity index (χ3n) is 2.75. The molecule has 1 aromatic heterocycles. The van der Waals surface area contributed by atoms with Gasteiger partial charge in [-0.2, -0.15) is 0 Å². The highest BCUT2D eigenvalue weighted by atomic mass is 35.5. The molecule has 0 aliphatic carbocycles. The Balaban J connectivity index is 2.21. The van der Waals surface area contributed by atoms with Crippen LogP contribution in [0.3, 0.4) is 0 Å². The van der Waals surface area contributed by atoms with Crippen LogP contribution in [-0.4, -0.2) is 30.5 Å². The fraction of sp³-hybridized carbons (Fsp3) is 0.286. The van der Waals surface area contributed by atoms with E-state index < -0.39 is 0 Å². The van der Waals surface area contributed by atoms with Crippen LogP contribution in [0.1, 0.15) is 17.3 Å². The number of hydrogen-bond donors (Lipinski definition) is 2. The first-order valence-corrected chi connectivity index (χ1v) is 6.63. The number of likely N-dealkylation sites (N-methyl/N-ethyl adjacent to an activating group) is 1. The zero-order valence-electron chi connectivity index (χ0n) is 10.7. The van der Waals surface area contributed by atoms with Gasteiger partial charge in [-0.25, -0.2) is 0 Å². The third kappa shape index (κ3) is 3.43. The number of benzene rings is 1. The van der Waals surface area contributed by atoms with Gasteiger partial charge in [0, 0.05) is 29.7 Å². The van der Waals surface area contributed by atoms with Gasteiger partial charge in [0.25, 0.3) is 5.91 Å². The van der Waals surface area contributed by atoms with Gasteiger partial charge in [0.2, 0.25) is 0 Å². The quantitative estimate of drug-likeness (QED) is 0.824. The van der Waals surface area contributed by atoms with Gasteiger partial charge in [0.1, 0.15) is 0 Å². The van der Waals surface area contributed by atoms with Crippen molar-refractivity contribution in [1.29, 1.82) is 0 Å². The van der Waals surface area contributed by atoms with E-state index in [-0.39, 0.29) is 5.91 Å². The van der Waals surface area contributed by atoms with Crippen LogP contribution in [0, 0.1) is 0 Å². The normalized spacial score (nSPS) is 10.6. The van der Waals surface area contributed by atoms with Gasteiger partial charge in [0.15, 0.2) is 0 Å². The van der Waals surface area contributed by atoms with Crippen molar-refractivity contribution in [2.24, 2.45) is 0 Å². The molecule has 4 nitrogen and oxygen atoms in total. The fourth-order valence-corrected chi connectivity index (χ4v) is 2.09. The van der Waals surface area contributed by atoms with E-state index in [1.165, 1.54) is 0 Å². The number of rotatable bonds is 5. The van der Waals surface area contributed by atoms with Gasteiger partial charge in [-0.3, -0.25) is 9.78 Å². The molecule has 0 aliphatic rings. The van der Waals surface area contributed by atoms with Gasteiger partial charge in [-0.05, 0) is 24.7 Å². The number of carbonyl (C=O) groups excluding carboxylic acids is 1. The molecule has 0 saturated heterocycles. The molecule has 0 unspecified atom stereocenters. The van der Waals surface area contributed by atoms with Crippen LogP contribution in [0.15, 0.2) is 30.5 Å². The lowest BCUT2D eigenvalue weighted by Crippen LogP contribution is -2.31. The molecule has 0 fully saturated rings. The molecule has 1 aromatic carbocycles. The molecule has 2 rings (SSSR count). The van der Waals surface area contributed by atoms with Crippen LogP contribution < -0.4 is 10.6 Å². The van der Waals surface area contributed by atoms with Crippen molar-refractivity contribution in [3.05, 3.63) is 41.0 Å². The molecular formula is C14H16ClN3O. The van der Waals surface area contributed by atoms with Gasteiger partial charge < -0.3 is 10.6 Å². The number of aromatic nitrogens is 1. The molecule has 1 amide bonds. The second kappa shape index (κ2) is 6.50. The van der Waals surface area contributed by atoms with Crippen molar-refractivity contribution in [2.45, 2.75) is 6.92 Å². The number of nitrogens with one attached hydrogen (secondary N) is 2. The predicted molar refractivity (Wildman–Crippen MR) is 77.6 cm³/mol. The van der Waals surface area contributed by atoms with Crippen molar-refractivity contribution >= 4 is 28.4 Å². The molecule has 19 heavy (non-hydrogen) atoms. The Bertz CT molecular complexity index is 586. The third-order valence-corrected chi connectivity index (χ3v) is 2.97. The number of pyridine rings is 1. The van der Waals surface area contributed by atoms with E-state index in [1.807, 2.05) is 19.1 Å². The summed E-state index contributed by atoms with van der Waals surface area (Å²) < 4.78 is 0. The Morgan fingerprint density at radius 1 is 1.37 bits per heavy atom. The molecule has 1 heterocycles. The second-order valence-corrected chi connectivity index (χ2v) is 4.57. The summed E-state index contributed by atoms with van der Waals surface area (Å²) in [5, 5.41) is 7.41. The van der Waals surface area contributed by atoms with E-state index in [9.17, 15) is 4.79 Å². The number of fused-ring (bicyclic) bond motifs is 1. The summed E-state index contributed by atoms with van der Waals surface area (Å²) >= 11 is 6.03. The average Bonchev–Trinajstić information content (AvgIpc) is 2.42. The maximum absolute atomic E-state index is 12.1. The number of carbonyl (C=O) groups is 1. The summed E-state index contributed by atoms with van der Waals surface area (Å²) in [6.07, 6.45) is 1.67. The highest BCUT2D eigenvalue weighted by Crippen LogP contribution is 2.22. The fourth-order valence-electron chi connectivity index (χ4n) is 1.87. The van der Waals surface area contributed by atoms with Crippen molar-refractivity contribution < 1.29 is 4.79 Å². The lowest BCUT2D eigenvalue weighted by molar-refractivity contribution is 0.0955. The molecule has 0 radical (unpaired) electrons. The zero-order valence-corrected chi connectivity index (χ0v) is 11.5. The number of nitrogens with zero attached hydrogens (tertiary/aromatic N) is 1. The number of hydrogen-bond acceptors (Lipinski definition) is 3. The summed E-state index contributed by atoms with van der Waals surface area (Å²) in [4.78, 5) is 16.4. The maximum atomic E-state index is 12.1. The minimum atomic E-state index is -0.149. The Hall–Kier alpha value is -1.65. The Morgan fingerprint density at radius 2 is 2.21 bits per heavy atom. The molecule has 0 spiro atoms. The topological polar surface area (TPSA) is 54.0 Å². The van der Waals surface area contributed by atoms with E-state index >= 15 is 0 Å². The Morgan fingerprint density at radius 3 is 3.00 bits per heavy atom. The maximum Gasteiger partial charge on any atom is 0.253 e. The highest BCUT2D eigenvalue weighted by molar-refractivity contribution is 6.32. The molecule has 0 aliphatic heterocycles. The van der Waals surface area contributed by atoms with Crippen molar-refractivity contribution in [3.8, 4) is 0 Å². The summed E-state index contributed by atoms with van der Waals surface area (Å²) in [6, 6.07) is 7.17. The predicted octanol–water partition coefficient (Wildman–Crippen LogP) is 2.23. The zero-order chi connectivity index (χ0) is 13.7. The standard InChI is InChI=1S/C14H16ClN3O/c1-2-16-6-7-18-14(19)12-9-11(15)8-10-4-3-5-17-13(10)12/h3-5,8-9,16H,2,6-7H2,1H3,(H,18,19). The van der Waals surface area contributed by atoms with Crippen molar-refractivity contribution in [2.75, 3.05) is 19.6 Å². The van der Waals surface area contributed by atoms with Crippen molar-refractivity contribution in [3.63, 3.8) is 0 Å². The summed E-state index contributed by atoms with van der Waals surface area (Å²) in [6.45, 7) is 4.23. The monoisotopic (exact) mass is 277 g/mol. The van der Waals surface area contributed by atoms with E-state index in [0.29, 0.717) is 22.6 Å². The molecule has 2 N–H and O–H groups in total. The van der Waals surface area contributed by atoms with Gasteiger partial charge in [0.05, 0.1) is 11.1 Å². The average molecular weight is 278 g/mol. The van der Waals surface area contributed by atoms with E-state index in [2.05, 4.69) is 15.6 Å². The summed E-state index contributed by atoms with van der Waals surface area (Å²) in [5.41, 5.74) is 1.19. The molecule has 100 valence electrons. The van der Waals surface area contributed by atoms with Gasteiger partial charge >= 0.3 is 0 Å². The van der Waals surface area contributed by atoms with E-state index in [4.69, 9.17) is 11.6 Å². The van der Waals surface area contributed by atoms with Crippen molar-refractivity contribution in [1.82, 2.24) is 15.6 Å². The minimum absolute atomic E-state index is 0.149. The van der Waals surface area contributed by atoms with Crippen LogP contribution in [0.2, 0.25) is 5.02 Å². The molecule has 0 bridgehead atoms. The molecular weight excluding hydrogens is 262 g/mol. The molecule has 0 saturated carbocycles. The first-order chi connectivity index (χ1) is 9.22.